The SMILES string of the molecule is CCC1=CC(=O)CCC1CCC=O. The van der Waals surface area contributed by atoms with Gasteiger partial charge in [0.25, 0.3) is 0 Å². The van der Waals surface area contributed by atoms with E-state index < -0.39 is 0 Å². The van der Waals surface area contributed by atoms with Gasteiger partial charge in [-0.3, -0.25) is 4.79 Å². The standard InChI is InChI=1S/C11H16O2/c1-2-9-8-11(13)6-5-10(9)4-3-7-12/h7-8,10H,2-6H2,1H3. The zero-order valence-corrected chi connectivity index (χ0v) is 8.08. The number of aldehydes is 1. The van der Waals surface area contributed by atoms with Crippen LogP contribution in [0, 0.1) is 5.92 Å². The minimum absolute atomic E-state index is 0.249. The van der Waals surface area contributed by atoms with Crippen LogP contribution in [0.5, 0.6) is 0 Å². The molecule has 0 heterocycles. The highest BCUT2D eigenvalue weighted by atomic mass is 16.1. The molecule has 0 aromatic heterocycles. The molecule has 1 rings (SSSR count). The largest absolute Gasteiger partial charge is 0.303 e. The average molecular weight is 180 g/mol. The van der Waals surface area contributed by atoms with E-state index in [-0.39, 0.29) is 5.78 Å². The third-order valence-corrected chi connectivity index (χ3v) is 2.65. The summed E-state index contributed by atoms with van der Waals surface area (Å²) in [5.41, 5.74) is 1.23. The molecular formula is C11H16O2. The summed E-state index contributed by atoms with van der Waals surface area (Å²) in [6, 6.07) is 0. The summed E-state index contributed by atoms with van der Waals surface area (Å²) in [6.45, 7) is 2.07. The first kappa shape index (κ1) is 10.2. The smallest absolute Gasteiger partial charge is 0.155 e. The average Bonchev–Trinajstić information content (AvgIpc) is 2.16. The lowest BCUT2D eigenvalue weighted by atomic mass is 9.83. The van der Waals surface area contributed by atoms with Crippen molar-refractivity contribution in [2.24, 2.45) is 5.92 Å². The van der Waals surface area contributed by atoms with Crippen LogP contribution >= 0.6 is 0 Å². The number of hydrogen-bond donors (Lipinski definition) is 0. The van der Waals surface area contributed by atoms with Crippen LogP contribution in [0.4, 0.5) is 0 Å². The number of carbonyl (C=O) groups excluding carboxylic acids is 2. The van der Waals surface area contributed by atoms with E-state index in [0.717, 1.165) is 25.5 Å². The van der Waals surface area contributed by atoms with Crippen LogP contribution in [-0.2, 0) is 9.59 Å². The van der Waals surface area contributed by atoms with E-state index in [4.69, 9.17) is 0 Å². The van der Waals surface area contributed by atoms with Gasteiger partial charge in [0.2, 0.25) is 0 Å². The summed E-state index contributed by atoms with van der Waals surface area (Å²) in [6.07, 6.45) is 6.81. The van der Waals surface area contributed by atoms with Crippen LogP contribution < -0.4 is 0 Å². The molecule has 1 aliphatic rings. The number of carbonyl (C=O) groups is 2. The predicted octanol–water partition coefficient (Wildman–Crippen LogP) is 2.28. The molecule has 0 bridgehead atoms. The summed E-state index contributed by atoms with van der Waals surface area (Å²) in [5.74, 6) is 0.729. The first-order valence-corrected chi connectivity index (χ1v) is 4.94. The van der Waals surface area contributed by atoms with Gasteiger partial charge in [-0.2, -0.15) is 0 Å². The Labute approximate surface area is 79.0 Å². The zero-order valence-electron chi connectivity index (χ0n) is 8.08. The van der Waals surface area contributed by atoms with Crippen molar-refractivity contribution in [3.8, 4) is 0 Å². The number of ketones is 1. The van der Waals surface area contributed by atoms with Crippen molar-refractivity contribution in [2.45, 2.75) is 39.0 Å². The van der Waals surface area contributed by atoms with Crippen LogP contribution in [0.25, 0.3) is 0 Å². The van der Waals surface area contributed by atoms with Gasteiger partial charge >= 0.3 is 0 Å². The summed E-state index contributed by atoms with van der Waals surface area (Å²) < 4.78 is 0. The summed E-state index contributed by atoms with van der Waals surface area (Å²) in [5, 5.41) is 0. The van der Waals surface area contributed by atoms with Crippen molar-refractivity contribution in [3.63, 3.8) is 0 Å². The maximum absolute atomic E-state index is 11.1. The quantitative estimate of drug-likeness (QED) is 0.622. The van der Waals surface area contributed by atoms with E-state index in [2.05, 4.69) is 6.92 Å². The van der Waals surface area contributed by atoms with Gasteiger partial charge < -0.3 is 4.79 Å². The molecule has 2 nitrogen and oxygen atoms in total. The molecule has 0 N–H and O–H groups in total. The second-order valence-electron chi connectivity index (χ2n) is 3.52. The Kier molecular flexibility index (Phi) is 3.87. The second kappa shape index (κ2) is 4.95. The van der Waals surface area contributed by atoms with Crippen molar-refractivity contribution in [3.05, 3.63) is 11.6 Å². The van der Waals surface area contributed by atoms with Crippen LogP contribution in [0.15, 0.2) is 11.6 Å². The molecule has 0 aromatic rings. The molecule has 1 atom stereocenters. The summed E-state index contributed by atoms with van der Waals surface area (Å²) in [4.78, 5) is 21.3. The van der Waals surface area contributed by atoms with Gasteiger partial charge in [0.05, 0.1) is 0 Å². The highest BCUT2D eigenvalue weighted by Crippen LogP contribution is 2.28. The molecule has 0 aliphatic heterocycles. The molecule has 1 aliphatic carbocycles. The molecular weight excluding hydrogens is 164 g/mol. The normalized spacial score (nSPS) is 22.7. The molecule has 0 amide bonds. The van der Waals surface area contributed by atoms with Gasteiger partial charge in [-0.05, 0) is 31.3 Å². The highest BCUT2D eigenvalue weighted by molar-refractivity contribution is 5.91. The lowest BCUT2D eigenvalue weighted by molar-refractivity contribution is -0.115. The lowest BCUT2D eigenvalue weighted by Gasteiger charge is -2.21. The van der Waals surface area contributed by atoms with E-state index in [1.165, 1.54) is 5.57 Å². The van der Waals surface area contributed by atoms with Gasteiger partial charge in [-0.15, -0.1) is 0 Å². The Morgan fingerprint density at radius 1 is 1.62 bits per heavy atom. The third-order valence-electron chi connectivity index (χ3n) is 2.65. The van der Waals surface area contributed by atoms with Gasteiger partial charge in [-0.25, -0.2) is 0 Å². The molecule has 1 unspecified atom stereocenters. The van der Waals surface area contributed by atoms with Crippen molar-refractivity contribution in [1.82, 2.24) is 0 Å². The molecule has 0 spiro atoms. The van der Waals surface area contributed by atoms with Gasteiger partial charge in [0.15, 0.2) is 5.78 Å². The second-order valence-corrected chi connectivity index (χ2v) is 3.52. The first-order chi connectivity index (χ1) is 6.27. The Balaban J connectivity index is 2.58. The fourth-order valence-corrected chi connectivity index (χ4v) is 1.89. The van der Waals surface area contributed by atoms with Gasteiger partial charge in [-0.1, -0.05) is 12.5 Å². The topological polar surface area (TPSA) is 34.1 Å². The van der Waals surface area contributed by atoms with E-state index in [1.807, 2.05) is 0 Å². The van der Waals surface area contributed by atoms with E-state index in [9.17, 15) is 9.59 Å². The van der Waals surface area contributed by atoms with Gasteiger partial charge in [0, 0.05) is 12.8 Å². The molecule has 0 saturated heterocycles. The van der Waals surface area contributed by atoms with Gasteiger partial charge in [0.1, 0.15) is 6.29 Å². The minimum Gasteiger partial charge on any atom is -0.303 e. The highest BCUT2D eigenvalue weighted by Gasteiger charge is 2.19. The number of hydrogen-bond acceptors (Lipinski definition) is 2. The van der Waals surface area contributed by atoms with Crippen LogP contribution in [0.3, 0.4) is 0 Å². The van der Waals surface area contributed by atoms with E-state index in [0.29, 0.717) is 18.8 Å². The van der Waals surface area contributed by atoms with Crippen molar-refractivity contribution >= 4 is 12.1 Å². The predicted molar refractivity (Wildman–Crippen MR) is 51.4 cm³/mol. The Morgan fingerprint density at radius 3 is 3.00 bits per heavy atom. The minimum atomic E-state index is 0.249. The monoisotopic (exact) mass is 180 g/mol. The summed E-state index contributed by atoms with van der Waals surface area (Å²) in [7, 11) is 0. The van der Waals surface area contributed by atoms with E-state index >= 15 is 0 Å². The van der Waals surface area contributed by atoms with Crippen LogP contribution in [-0.4, -0.2) is 12.1 Å². The molecule has 13 heavy (non-hydrogen) atoms. The van der Waals surface area contributed by atoms with Crippen molar-refractivity contribution in [2.75, 3.05) is 0 Å². The Bertz CT molecular complexity index is 228. The molecule has 0 aromatic carbocycles. The third kappa shape index (κ3) is 2.79. The maximum atomic E-state index is 11.1. The zero-order chi connectivity index (χ0) is 9.68. The van der Waals surface area contributed by atoms with Crippen LogP contribution in [0.1, 0.15) is 39.0 Å². The van der Waals surface area contributed by atoms with Crippen LogP contribution in [0.2, 0.25) is 0 Å². The Morgan fingerprint density at radius 2 is 2.38 bits per heavy atom. The van der Waals surface area contributed by atoms with Crippen molar-refractivity contribution in [1.29, 1.82) is 0 Å². The summed E-state index contributed by atoms with van der Waals surface area (Å²) >= 11 is 0. The molecule has 0 fully saturated rings. The fourth-order valence-electron chi connectivity index (χ4n) is 1.89. The molecule has 0 saturated carbocycles. The maximum Gasteiger partial charge on any atom is 0.155 e. The number of allylic oxidation sites excluding steroid dienone is 2. The molecule has 72 valence electrons. The number of rotatable bonds is 4. The van der Waals surface area contributed by atoms with E-state index in [1.54, 1.807) is 6.08 Å². The Hall–Kier alpha value is -0.920. The van der Waals surface area contributed by atoms with Crippen molar-refractivity contribution < 1.29 is 9.59 Å². The molecule has 2 heteroatoms. The first-order valence-electron chi connectivity index (χ1n) is 4.94. The fraction of sp³-hybridized carbons (Fsp3) is 0.636. The molecule has 0 radical (unpaired) electrons. The lowest BCUT2D eigenvalue weighted by Crippen LogP contribution is -2.13.